The Morgan fingerprint density at radius 1 is 1.37 bits per heavy atom. The van der Waals surface area contributed by atoms with Crippen molar-refractivity contribution in [3.05, 3.63) is 45.0 Å². The van der Waals surface area contributed by atoms with Crippen LogP contribution in [0.25, 0.3) is 11.4 Å². The predicted molar refractivity (Wildman–Crippen MR) is 71.0 cm³/mol. The molecule has 1 aromatic heterocycles. The summed E-state index contributed by atoms with van der Waals surface area (Å²) in [5.74, 6) is -0.985. The highest BCUT2D eigenvalue weighted by molar-refractivity contribution is 6.30. The Labute approximate surface area is 113 Å². The molecule has 0 aliphatic carbocycles. The van der Waals surface area contributed by atoms with Gasteiger partial charge in [0.25, 0.3) is 5.56 Å². The van der Waals surface area contributed by atoms with E-state index in [1.54, 1.807) is 13.8 Å². The maximum absolute atomic E-state index is 13.3. The van der Waals surface area contributed by atoms with Gasteiger partial charge in [-0.15, -0.1) is 0 Å². The minimum Gasteiger partial charge on any atom is -0.493 e. The first-order chi connectivity index (χ1) is 8.88. The molecule has 0 radical (unpaired) electrons. The van der Waals surface area contributed by atoms with Crippen LogP contribution in [0.15, 0.2) is 23.0 Å². The second-order valence-electron chi connectivity index (χ2n) is 4.46. The van der Waals surface area contributed by atoms with E-state index < -0.39 is 11.4 Å². The van der Waals surface area contributed by atoms with E-state index in [1.807, 2.05) is 0 Å². The normalized spacial score (nSPS) is 11.0. The van der Waals surface area contributed by atoms with E-state index in [9.17, 15) is 14.3 Å². The molecule has 0 saturated heterocycles. The molecule has 0 aliphatic heterocycles. The summed E-state index contributed by atoms with van der Waals surface area (Å²) in [6.45, 7) is 3.54. The van der Waals surface area contributed by atoms with Crippen molar-refractivity contribution in [2.75, 3.05) is 0 Å². The van der Waals surface area contributed by atoms with Gasteiger partial charge in [-0.2, -0.15) is 4.98 Å². The Bertz CT molecular complexity index is 663. The van der Waals surface area contributed by atoms with E-state index in [0.29, 0.717) is 5.56 Å². The SMILES string of the molecule is CC(C)c1c(O)nc(-c2cc(F)cc(Cl)c2)[nH]c1=O. The second-order valence-corrected chi connectivity index (χ2v) is 4.90. The van der Waals surface area contributed by atoms with Gasteiger partial charge in [-0.05, 0) is 24.1 Å². The number of aromatic nitrogens is 2. The molecule has 0 spiro atoms. The minimum atomic E-state index is -0.544. The Balaban J connectivity index is 2.62. The molecule has 100 valence electrons. The van der Waals surface area contributed by atoms with Crippen LogP contribution in [-0.4, -0.2) is 15.1 Å². The summed E-state index contributed by atoms with van der Waals surface area (Å²) in [6, 6.07) is 3.78. The van der Waals surface area contributed by atoms with Gasteiger partial charge in [0.05, 0.1) is 5.56 Å². The molecule has 0 bridgehead atoms. The number of aromatic hydroxyl groups is 1. The first-order valence-electron chi connectivity index (χ1n) is 5.68. The van der Waals surface area contributed by atoms with Crippen LogP contribution in [0.1, 0.15) is 25.3 Å². The van der Waals surface area contributed by atoms with Crippen molar-refractivity contribution in [1.29, 1.82) is 0 Å². The fourth-order valence-corrected chi connectivity index (χ4v) is 2.04. The fraction of sp³-hybridized carbons (Fsp3) is 0.231. The number of benzene rings is 1. The van der Waals surface area contributed by atoms with Gasteiger partial charge < -0.3 is 10.1 Å². The van der Waals surface area contributed by atoms with Crippen molar-refractivity contribution < 1.29 is 9.50 Å². The summed E-state index contributed by atoms with van der Waals surface area (Å²) < 4.78 is 13.3. The minimum absolute atomic E-state index is 0.0771. The lowest BCUT2D eigenvalue weighted by atomic mass is 10.1. The first-order valence-corrected chi connectivity index (χ1v) is 6.06. The predicted octanol–water partition coefficient (Wildman–Crippen LogP) is 3.06. The standard InChI is InChI=1S/C13H12ClFN2O2/c1-6(2)10-12(18)16-11(17-13(10)19)7-3-8(14)5-9(15)4-7/h3-6H,1-2H3,(H2,16,17,18,19). The van der Waals surface area contributed by atoms with Crippen LogP contribution in [-0.2, 0) is 0 Å². The van der Waals surface area contributed by atoms with Gasteiger partial charge in [0.15, 0.2) is 0 Å². The molecule has 19 heavy (non-hydrogen) atoms. The van der Waals surface area contributed by atoms with Gasteiger partial charge in [0, 0.05) is 10.6 Å². The average molecular weight is 283 g/mol. The van der Waals surface area contributed by atoms with Crippen molar-refractivity contribution in [2.45, 2.75) is 19.8 Å². The molecule has 0 saturated carbocycles. The molecule has 0 atom stereocenters. The topological polar surface area (TPSA) is 66.0 Å². The molecule has 0 amide bonds. The zero-order valence-electron chi connectivity index (χ0n) is 10.4. The van der Waals surface area contributed by atoms with E-state index in [2.05, 4.69) is 9.97 Å². The molecule has 1 aromatic carbocycles. The van der Waals surface area contributed by atoms with Crippen LogP contribution in [0.5, 0.6) is 5.88 Å². The molecule has 0 unspecified atom stereocenters. The van der Waals surface area contributed by atoms with E-state index in [-0.39, 0.29) is 28.2 Å². The summed E-state index contributed by atoms with van der Waals surface area (Å²) >= 11 is 5.74. The Hall–Kier alpha value is -1.88. The van der Waals surface area contributed by atoms with Crippen LogP contribution in [0.2, 0.25) is 5.02 Å². The van der Waals surface area contributed by atoms with Gasteiger partial charge in [0.1, 0.15) is 11.6 Å². The number of nitrogens with zero attached hydrogens (tertiary/aromatic N) is 1. The Morgan fingerprint density at radius 2 is 2.05 bits per heavy atom. The number of halogens is 2. The monoisotopic (exact) mass is 282 g/mol. The van der Waals surface area contributed by atoms with Gasteiger partial charge in [-0.3, -0.25) is 4.79 Å². The van der Waals surface area contributed by atoms with Crippen molar-refractivity contribution in [1.82, 2.24) is 9.97 Å². The molecule has 1 heterocycles. The molecule has 0 fully saturated rings. The van der Waals surface area contributed by atoms with E-state index in [1.165, 1.54) is 12.1 Å². The zero-order valence-corrected chi connectivity index (χ0v) is 11.1. The molecular formula is C13H12ClFN2O2. The highest BCUT2D eigenvalue weighted by Crippen LogP contribution is 2.25. The maximum Gasteiger partial charge on any atom is 0.258 e. The largest absolute Gasteiger partial charge is 0.493 e. The highest BCUT2D eigenvalue weighted by atomic mass is 35.5. The number of H-pyrrole nitrogens is 1. The quantitative estimate of drug-likeness (QED) is 0.890. The van der Waals surface area contributed by atoms with E-state index in [0.717, 1.165) is 6.07 Å². The highest BCUT2D eigenvalue weighted by Gasteiger charge is 2.15. The first kappa shape index (κ1) is 13.5. The average Bonchev–Trinajstić information content (AvgIpc) is 2.25. The summed E-state index contributed by atoms with van der Waals surface area (Å²) in [5.41, 5.74) is 0.0526. The summed E-state index contributed by atoms with van der Waals surface area (Å²) in [4.78, 5) is 18.3. The lowest BCUT2D eigenvalue weighted by Gasteiger charge is -2.08. The van der Waals surface area contributed by atoms with Crippen LogP contribution in [0, 0.1) is 5.82 Å². The number of nitrogens with one attached hydrogen (secondary N) is 1. The molecule has 0 aliphatic rings. The molecule has 2 N–H and O–H groups in total. The van der Waals surface area contributed by atoms with Gasteiger partial charge in [-0.1, -0.05) is 25.4 Å². The van der Waals surface area contributed by atoms with Crippen LogP contribution in [0.4, 0.5) is 4.39 Å². The third-order valence-electron chi connectivity index (χ3n) is 2.65. The summed E-state index contributed by atoms with van der Waals surface area (Å²) in [5, 5.41) is 9.97. The number of aromatic amines is 1. The van der Waals surface area contributed by atoms with Gasteiger partial charge in [0.2, 0.25) is 5.88 Å². The Kier molecular flexibility index (Phi) is 3.57. The Morgan fingerprint density at radius 3 is 2.58 bits per heavy atom. The lowest BCUT2D eigenvalue weighted by molar-refractivity contribution is 0.440. The molecule has 6 heteroatoms. The zero-order chi connectivity index (χ0) is 14.2. The van der Waals surface area contributed by atoms with E-state index >= 15 is 0 Å². The van der Waals surface area contributed by atoms with Crippen molar-refractivity contribution in [3.8, 4) is 17.3 Å². The fourth-order valence-electron chi connectivity index (χ4n) is 1.82. The van der Waals surface area contributed by atoms with Crippen LogP contribution < -0.4 is 5.56 Å². The van der Waals surface area contributed by atoms with E-state index in [4.69, 9.17) is 11.6 Å². The number of hydrogen-bond donors (Lipinski definition) is 2. The van der Waals surface area contributed by atoms with Gasteiger partial charge in [-0.25, -0.2) is 4.39 Å². The number of rotatable bonds is 2. The smallest absolute Gasteiger partial charge is 0.258 e. The molecule has 2 aromatic rings. The third kappa shape index (κ3) is 2.76. The van der Waals surface area contributed by atoms with Crippen molar-refractivity contribution in [3.63, 3.8) is 0 Å². The van der Waals surface area contributed by atoms with Gasteiger partial charge >= 0.3 is 0 Å². The third-order valence-corrected chi connectivity index (χ3v) is 2.87. The molecule has 4 nitrogen and oxygen atoms in total. The maximum atomic E-state index is 13.3. The van der Waals surface area contributed by atoms with Crippen LogP contribution in [0.3, 0.4) is 0 Å². The summed E-state index contributed by atoms with van der Waals surface area (Å²) in [7, 11) is 0. The summed E-state index contributed by atoms with van der Waals surface area (Å²) in [6.07, 6.45) is 0. The van der Waals surface area contributed by atoms with Crippen molar-refractivity contribution >= 4 is 11.6 Å². The second kappa shape index (κ2) is 5.01. The van der Waals surface area contributed by atoms with Crippen LogP contribution >= 0.6 is 11.6 Å². The molecular weight excluding hydrogens is 271 g/mol. The number of hydrogen-bond acceptors (Lipinski definition) is 3. The molecule has 2 rings (SSSR count). The van der Waals surface area contributed by atoms with Crippen molar-refractivity contribution in [2.24, 2.45) is 0 Å². The lowest BCUT2D eigenvalue weighted by Crippen LogP contribution is -2.16.